The number of fused-ring (bicyclic) bond motifs is 1. The SMILES string of the molecule is CCOc1ccsc1C(=O)N1C[C@H]2[C@H](CNc3ccccn3)CO[C@H]2C1. The van der Waals surface area contributed by atoms with Crippen molar-refractivity contribution in [3.8, 4) is 5.75 Å². The summed E-state index contributed by atoms with van der Waals surface area (Å²) in [6, 6.07) is 7.70. The minimum atomic E-state index is 0.0536. The van der Waals surface area contributed by atoms with Crippen molar-refractivity contribution in [2.75, 3.05) is 38.2 Å². The van der Waals surface area contributed by atoms with Crippen molar-refractivity contribution < 1.29 is 14.3 Å². The number of hydrogen-bond donors (Lipinski definition) is 1. The second-order valence-corrected chi connectivity index (χ2v) is 7.56. The summed E-state index contributed by atoms with van der Waals surface area (Å²) in [4.78, 5) is 19.8. The van der Waals surface area contributed by atoms with Gasteiger partial charge < -0.3 is 19.7 Å². The summed E-state index contributed by atoms with van der Waals surface area (Å²) in [5, 5.41) is 5.29. The Balaban J connectivity index is 1.38. The van der Waals surface area contributed by atoms with Crippen LogP contribution < -0.4 is 10.1 Å². The van der Waals surface area contributed by atoms with Gasteiger partial charge in [0.05, 0.1) is 19.3 Å². The Morgan fingerprint density at radius 3 is 3.15 bits per heavy atom. The van der Waals surface area contributed by atoms with E-state index in [1.807, 2.05) is 41.5 Å². The van der Waals surface area contributed by atoms with E-state index in [9.17, 15) is 4.79 Å². The maximum atomic E-state index is 12.9. The topological polar surface area (TPSA) is 63.7 Å². The second kappa shape index (κ2) is 7.63. The van der Waals surface area contributed by atoms with Crippen LogP contribution in [0.3, 0.4) is 0 Å². The fourth-order valence-electron chi connectivity index (χ4n) is 3.74. The summed E-state index contributed by atoms with van der Waals surface area (Å²) in [7, 11) is 0. The summed E-state index contributed by atoms with van der Waals surface area (Å²) in [6.45, 7) is 5.43. The summed E-state index contributed by atoms with van der Waals surface area (Å²) in [5.74, 6) is 2.37. The predicted octanol–water partition coefficient (Wildman–Crippen LogP) is 2.74. The zero-order valence-corrected chi connectivity index (χ0v) is 15.6. The summed E-state index contributed by atoms with van der Waals surface area (Å²) < 4.78 is 11.5. The second-order valence-electron chi connectivity index (χ2n) is 6.65. The number of amides is 1. The van der Waals surface area contributed by atoms with Gasteiger partial charge in [-0.1, -0.05) is 6.07 Å². The highest BCUT2D eigenvalue weighted by molar-refractivity contribution is 7.12. The molecule has 3 atom stereocenters. The Morgan fingerprint density at radius 2 is 2.35 bits per heavy atom. The van der Waals surface area contributed by atoms with E-state index in [0.29, 0.717) is 35.6 Å². The summed E-state index contributed by atoms with van der Waals surface area (Å²) >= 11 is 1.44. The Kier molecular flexibility index (Phi) is 5.08. The number of nitrogens with zero attached hydrogens (tertiary/aromatic N) is 2. The van der Waals surface area contributed by atoms with Crippen LogP contribution >= 0.6 is 11.3 Å². The summed E-state index contributed by atoms with van der Waals surface area (Å²) in [5.41, 5.74) is 0. The molecule has 2 fully saturated rings. The molecule has 2 saturated heterocycles. The number of rotatable bonds is 6. The van der Waals surface area contributed by atoms with Crippen LogP contribution in [0.5, 0.6) is 5.75 Å². The lowest BCUT2D eigenvalue weighted by molar-refractivity contribution is 0.0681. The van der Waals surface area contributed by atoms with Crippen LogP contribution in [0, 0.1) is 11.8 Å². The molecule has 7 heteroatoms. The molecule has 0 aliphatic carbocycles. The van der Waals surface area contributed by atoms with Gasteiger partial charge in [-0.15, -0.1) is 11.3 Å². The first-order valence-corrected chi connectivity index (χ1v) is 9.90. The quantitative estimate of drug-likeness (QED) is 0.844. The van der Waals surface area contributed by atoms with Crippen LogP contribution in [0.4, 0.5) is 5.82 Å². The molecular weight excluding hydrogens is 350 g/mol. The van der Waals surface area contributed by atoms with E-state index in [2.05, 4.69) is 10.3 Å². The van der Waals surface area contributed by atoms with Gasteiger partial charge in [-0.05, 0) is 30.5 Å². The number of carbonyl (C=O) groups is 1. The molecule has 2 aromatic rings. The monoisotopic (exact) mass is 373 g/mol. The molecule has 138 valence electrons. The highest BCUT2D eigenvalue weighted by atomic mass is 32.1. The van der Waals surface area contributed by atoms with Crippen molar-refractivity contribution >= 4 is 23.1 Å². The molecule has 0 saturated carbocycles. The van der Waals surface area contributed by atoms with Gasteiger partial charge in [-0.25, -0.2) is 4.98 Å². The lowest BCUT2D eigenvalue weighted by atomic mass is 9.93. The van der Waals surface area contributed by atoms with Crippen molar-refractivity contribution in [1.29, 1.82) is 0 Å². The van der Waals surface area contributed by atoms with Crippen molar-refractivity contribution in [2.45, 2.75) is 13.0 Å². The van der Waals surface area contributed by atoms with Crippen LogP contribution in [-0.4, -0.2) is 54.7 Å². The maximum absolute atomic E-state index is 12.9. The molecule has 4 rings (SSSR count). The normalized spacial score (nSPS) is 24.5. The molecular formula is C19H23N3O3S. The van der Waals surface area contributed by atoms with Crippen LogP contribution in [0.15, 0.2) is 35.8 Å². The zero-order valence-electron chi connectivity index (χ0n) is 14.8. The van der Waals surface area contributed by atoms with Gasteiger partial charge in [0.1, 0.15) is 16.4 Å². The predicted molar refractivity (Wildman–Crippen MR) is 101 cm³/mol. The third-order valence-corrected chi connectivity index (χ3v) is 5.94. The third-order valence-electron chi connectivity index (χ3n) is 5.06. The number of aromatic nitrogens is 1. The van der Waals surface area contributed by atoms with Gasteiger partial charge in [0.2, 0.25) is 0 Å². The van der Waals surface area contributed by atoms with Crippen LogP contribution in [0.2, 0.25) is 0 Å². The number of nitrogens with one attached hydrogen (secondary N) is 1. The van der Waals surface area contributed by atoms with Gasteiger partial charge in [-0.2, -0.15) is 0 Å². The number of ether oxygens (including phenoxy) is 2. The highest BCUT2D eigenvalue weighted by Gasteiger charge is 2.45. The Morgan fingerprint density at radius 1 is 1.42 bits per heavy atom. The number of hydrogen-bond acceptors (Lipinski definition) is 6. The molecule has 6 nitrogen and oxygen atoms in total. The van der Waals surface area contributed by atoms with Crippen molar-refractivity contribution in [1.82, 2.24) is 9.88 Å². The molecule has 0 aromatic carbocycles. The molecule has 1 amide bonds. The van der Waals surface area contributed by atoms with Gasteiger partial charge in [0.25, 0.3) is 5.91 Å². The number of anilines is 1. The van der Waals surface area contributed by atoms with Gasteiger partial charge in [-0.3, -0.25) is 4.79 Å². The number of thiophene rings is 1. The van der Waals surface area contributed by atoms with E-state index in [0.717, 1.165) is 25.5 Å². The van der Waals surface area contributed by atoms with Crippen LogP contribution in [-0.2, 0) is 4.74 Å². The Bertz CT molecular complexity index is 751. The minimum Gasteiger partial charge on any atom is -0.492 e. The van der Waals surface area contributed by atoms with E-state index in [1.54, 1.807) is 6.20 Å². The average molecular weight is 373 g/mol. The van der Waals surface area contributed by atoms with E-state index in [1.165, 1.54) is 11.3 Å². The van der Waals surface area contributed by atoms with Crippen LogP contribution in [0.1, 0.15) is 16.6 Å². The van der Waals surface area contributed by atoms with Crippen LogP contribution in [0.25, 0.3) is 0 Å². The van der Waals surface area contributed by atoms with Crippen molar-refractivity contribution in [2.24, 2.45) is 11.8 Å². The highest BCUT2D eigenvalue weighted by Crippen LogP contribution is 2.36. The van der Waals surface area contributed by atoms with Crippen molar-refractivity contribution in [3.63, 3.8) is 0 Å². The molecule has 2 aliphatic heterocycles. The average Bonchev–Trinajstić information content (AvgIpc) is 3.37. The fraction of sp³-hybridized carbons (Fsp3) is 0.474. The first-order valence-electron chi connectivity index (χ1n) is 9.02. The molecule has 2 aliphatic rings. The number of likely N-dealkylation sites (tertiary alicyclic amines) is 1. The molecule has 0 radical (unpaired) electrons. The zero-order chi connectivity index (χ0) is 17.9. The molecule has 0 unspecified atom stereocenters. The lowest BCUT2D eigenvalue weighted by Crippen LogP contribution is -2.32. The molecule has 2 aromatic heterocycles. The van der Waals surface area contributed by atoms with E-state index in [4.69, 9.17) is 9.47 Å². The molecule has 26 heavy (non-hydrogen) atoms. The fourth-order valence-corrected chi connectivity index (χ4v) is 4.54. The van der Waals surface area contributed by atoms with Gasteiger partial charge in [0.15, 0.2) is 0 Å². The van der Waals surface area contributed by atoms with E-state index >= 15 is 0 Å². The van der Waals surface area contributed by atoms with Gasteiger partial charge in [0, 0.05) is 37.7 Å². The largest absolute Gasteiger partial charge is 0.492 e. The summed E-state index contributed by atoms with van der Waals surface area (Å²) in [6.07, 6.45) is 1.91. The molecule has 0 spiro atoms. The number of pyridine rings is 1. The Hall–Kier alpha value is -2.12. The lowest BCUT2D eigenvalue weighted by Gasteiger charge is -2.20. The van der Waals surface area contributed by atoms with Crippen molar-refractivity contribution in [3.05, 3.63) is 40.7 Å². The van der Waals surface area contributed by atoms with E-state index < -0.39 is 0 Å². The smallest absolute Gasteiger partial charge is 0.267 e. The minimum absolute atomic E-state index is 0.0536. The van der Waals surface area contributed by atoms with E-state index in [-0.39, 0.29) is 12.0 Å². The maximum Gasteiger partial charge on any atom is 0.267 e. The first kappa shape index (κ1) is 17.3. The third kappa shape index (κ3) is 3.41. The Labute approximate surface area is 157 Å². The standard InChI is InChI=1S/C19H23N3O3S/c1-2-24-15-6-8-26-18(15)19(23)22-10-14-13(12-25-16(14)11-22)9-21-17-5-3-4-7-20-17/h3-8,13-14,16H,2,9-12H2,1H3,(H,20,21)/t13-,14+,16+/m1/s1. The number of carbonyl (C=O) groups excluding carboxylic acids is 1. The molecule has 0 bridgehead atoms. The van der Waals surface area contributed by atoms with Gasteiger partial charge >= 0.3 is 0 Å². The molecule has 4 heterocycles. The molecule has 1 N–H and O–H groups in total. The first-order chi connectivity index (χ1) is 12.8.